The van der Waals surface area contributed by atoms with Gasteiger partial charge in [-0.1, -0.05) is 0 Å². The summed E-state index contributed by atoms with van der Waals surface area (Å²) in [4.78, 5) is 17.4. The molecule has 0 unspecified atom stereocenters. The Morgan fingerprint density at radius 3 is 1.44 bits per heavy atom. The van der Waals surface area contributed by atoms with Crippen LogP contribution in [0.15, 0.2) is 94.3 Å². The molecule has 0 spiro atoms. The van der Waals surface area contributed by atoms with Crippen molar-refractivity contribution in [3.8, 4) is 32.4 Å². The fourth-order valence-electron chi connectivity index (χ4n) is 9.01. The molecule has 2 radical (unpaired) electrons. The molecule has 0 amide bonds. The Hall–Kier alpha value is -1.90. The van der Waals surface area contributed by atoms with E-state index in [0.717, 1.165) is 11.5 Å². The van der Waals surface area contributed by atoms with Crippen LogP contribution in [0.5, 0.6) is 11.5 Å². The van der Waals surface area contributed by atoms with E-state index in [0.29, 0.717) is 0 Å². The molecule has 0 fully saturated rings. The Balaban J connectivity index is 1.43. The third kappa shape index (κ3) is 4.96. The number of thiophene rings is 6. The van der Waals surface area contributed by atoms with Crippen LogP contribution in [0.3, 0.4) is 0 Å². The fourth-order valence-corrected chi connectivity index (χ4v) is 23.6. The summed E-state index contributed by atoms with van der Waals surface area (Å²) in [5.41, 5.74) is 7.13. The number of fused-ring (bicyclic) bond motifs is 9. The van der Waals surface area contributed by atoms with Crippen LogP contribution in [-0.2, 0) is 15.3 Å². The molecule has 54 heavy (non-hydrogen) atoms. The average Bonchev–Trinajstić information content (AvgIpc) is 4.00. The van der Waals surface area contributed by atoms with E-state index in [1.165, 1.54) is 87.2 Å². The second-order valence-electron chi connectivity index (χ2n) is 15.0. The molecule has 10 heteroatoms. The van der Waals surface area contributed by atoms with E-state index in [2.05, 4.69) is 116 Å². The van der Waals surface area contributed by atoms with Crippen molar-refractivity contribution in [2.24, 2.45) is 0 Å². The van der Waals surface area contributed by atoms with Crippen LogP contribution in [0, 0.1) is 0 Å². The van der Waals surface area contributed by atoms with Crippen LogP contribution in [0.25, 0.3) is 31.7 Å². The molecule has 6 aromatic heterocycles. The summed E-state index contributed by atoms with van der Waals surface area (Å²) >= 11 is 8.63. The maximum absolute atomic E-state index is 6.65. The molecular weight excluding hydrogens is 990 g/mol. The molecule has 0 atom stereocenters. The monoisotopic (exact) mass is 1030 g/mol. The topological polar surface area (TPSA) is 18.5 Å². The molecule has 0 bridgehead atoms. The van der Waals surface area contributed by atoms with Crippen molar-refractivity contribution in [1.82, 2.24) is 0 Å². The molecule has 270 valence electrons. The number of ether oxygens (including phenoxy) is 2. The van der Waals surface area contributed by atoms with Gasteiger partial charge in [0.2, 0.25) is 0 Å². The third-order valence-corrected chi connectivity index (χ3v) is 30.8. The van der Waals surface area contributed by atoms with Crippen molar-refractivity contribution in [2.75, 3.05) is 14.2 Å². The Morgan fingerprint density at radius 1 is 0.611 bits per heavy atom. The quantitative estimate of drug-likeness (QED) is 0.127. The first kappa shape index (κ1) is 36.4. The van der Waals surface area contributed by atoms with Gasteiger partial charge in [-0.3, -0.25) is 0 Å². The van der Waals surface area contributed by atoms with Crippen LogP contribution < -0.4 is 12.4 Å². The molecule has 2 aliphatic rings. The predicted molar refractivity (Wildman–Crippen MR) is 242 cm³/mol. The third-order valence-electron chi connectivity index (χ3n) is 11.2. The molecule has 0 aliphatic heterocycles. The molecular formula is C44H38O2S6Sn2. The van der Waals surface area contributed by atoms with Gasteiger partial charge in [-0.25, -0.2) is 0 Å². The average molecular weight is 1030 g/mol. The van der Waals surface area contributed by atoms with Gasteiger partial charge in [0.1, 0.15) is 0 Å². The normalized spacial score (nSPS) is 15.0. The van der Waals surface area contributed by atoms with Gasteiger partial charge in [0.05, 0.1) is 0 Å². The van der Waals surface area contributed by atoms with Gasteiger partial charge < -0.3 is 0 Å². The zero-order chi connectivity index (χ0) is 37.0. The molecule has 0 N–H and O–H groups in total. The molecule has 6 heterocycles. The van der Waals surface area contributed by atoms with E-state index in [1.807, 2.05) is 82.2 Å². The molecule has 0 saturated carbocycles. The van der Waals surface area contributed by atoms with E-state index in [4.69, 9.17) is 9.47 Å². The summed E-state index contributed by atoms with van der Waals surface area (Å²) in [5, 5.41) is 11.6. The minimum absolute atomic E-state index is 0.455. The number of hydrogen-bond donors (Lipinski definition) is 0. The van der Waals surface area contributed by atoms with Crippen LogP contribution in [-0.4, -0.2) is 53.7 Å². The summed E-state index contributed by atoms with van der Waals surface area (Å²) in [6.45, 7) is 2.36. The second-order valence-corrected chi connectivity index (χ2v) is 40.9. The van der Waals surface area contributed by atoms with Crippen molar-refractivity contribution in [2.45, 2.75) is 41.4 Å². The summed E-state index contributed by atoms with van der Waals surface area (Å²) in [5.74, 6) is 1.94. The molecule has 2 aliphatic carbocycles. The van der Waals surface area contributed by atoms with Crippen molar-refractivity contribution in [3.05, 3.63) is 141 Å². The van der Waals surface area contributed by atoms with E-state index in [-0.39, 0.29) is 0 Å². The van der Waals surface area contributed by atoms with Crippen molar-refractivity contribution in [1.29, 1.82) is 0 Å². The maximum atomic E-state index is 6.65. The van der Waals surface area contributed by atoms with Crippen LogP contribution >= 0.6 is 68.0 Å². The Morgan fingerprint density at radius 2 is 1.06 bits per heavy atom. The van der Waals surface area contributed by atoms with Crippen LogP contribution in [0.1, 0.15) is 53.6 Å². The van der Waals surface area contributed by atoms with Gasteiger partial charge in [-0.15, -0.1) is 0 Å². The predicted octanol–water partition coefficient (Wildman–Crippen LogP) is 13.1. The van der Waals surface area contributed by atoms with E-state index < -0.39 is 50.3 Å². The summed E-state index contributed by atoms with van der Waals surface area (Å²) in [6.07, 6.45) is 0. The summed E-state index contributed by atoms with van der Waals surface area (Å²) in [7, 11) is 3.76. The van der Waals surface area contributed by atoms with Crippen LogP contribution in [0.2, 0.25) is 19.3 Å². The zero-order valence-corrected chi connectivity index (χ0v) is 41.5. The summed E-state index contributed by atoms with van der Waals surface area (Å²) < 4.78 is 17.5. The Labute approximate surface area is 355 Å². The van der Waals surface area contributed by atoms with Gasteiger partial charge in [-0.05, 0) is 0 Å². The number of methoxy groups -OCH3 is 2. The number of rotatable bonds is 10. The van der Waals surface area contributed by atoms with Crippen molar-refractivity contribution in [3.63, 3.8) is 0 Å². The Bertz CT molecular complexity index is 2590. The van der Waals surface area contributed by atoms with Gasteiger partial charge in [0.15, 0.2) is 0 Å². The fraction of sp³-hybridized carbons (Fsp3) is 0.227. The van der Waals surface area contributed by atoms with E-state index >= 15 is 0 Å². The standard InChI is InChI=1S/C39H24O2S6.C2H5.3CH3.2Sn/c1-21-18-25-37(47-21)33-27(41-3)20-22-23(35(33)39(25,30-10-6-15-44-30)31-11-7-16-45-31)19-26(40-2)32-34(22)38(28-8-4-13-42-28,29-9-5-14-43-29)24-12-17-46-36(24)32;1-2;;;;;/h4-16,18-20H,1H2,2-3H3;1H2,2H3;3*1H3;;. The first-order valence-corrected chi connectivity index (χ1v) is 37.4. The van der Waals surface area contributed by atoms with E-state index in [1.54, 1.807) is 2.89 Å². The van der Waals surface area contributed by atoms with Gasteiger partial charge in [0.25, 0.3) is 0 Å². The second kappa shape index (κ2) is 13.6. The SMILES string of the molecule is C[CH2][Sn][CH2]c1cc2c(s1)-c1c(OC)cc3c4c(c(OC)cc3c1C2(c1cccs1)c1cccs1)-c1s[c]([Sn]([CH3])([CH3])[CH3])cc1C4(c1cccs1)c1cccs1. The van der Waals surface area contributed by atoms with Gasteiger partial charge in [0, 0.05) is 0 Å². The summed E-state index contributed by atoms with van der Waals surface area (Å²) in [6, 6.07) is 28.5. The molecule has 10 rings (SSSR count). The zero-order valence-electron chi connectivity index (χ0n) is 30.9. The number of benzene rings is 2. The molecule has 8 aromatic rings. The first-order chi connectivity index (χ1) is 26.3. The molecule has 2 nitrogen and oxygen atoms in total. The Kier molecular flexibility index (Phi) is 9.18. The van der Waals surface area contributed by atoms with Gasteiger partial charge in [-0.2, -0.15) is 0 Å². The molecule has 2 aromatic carbocycles. The van der Waals surface area contributed by atoms with Crippen molar-refractivity contribution < 1.29 is 9.47 Å². The van der Waals surface area contributed by atoms with Crippen molar-refractivity contribution >= 4 is 121 Å². The molecule has 0 saturated heterocycles. The first-order valence-electron chi connectivity index (χ1n) is 18.2. The van der Waals surface area contributed by atoms with Crippen LogP contribution in [0.4, 0.5) is 0 Å². The van der Waals surface area contributed by atoms with Gasteiger partial charge >= 0.3 is 360 Å². The minimum atomic E-state index is -2.49. The van der Waals surface area contributed by atoms with E-state index in [9.17, 15) is 0 Å². The number of hydrogen-bond acceptors (Lipinski definition) is 8.